The molecule has 58 heavy (non-hydrogen) atoms. The molecule has 1 aliphatic heterocycles. The molecule has 1 saturated heterocycles. The van der Waals surface area contributed by atoms with Crippen molar-refractivity contribution in [3.05, 3.63) is 65.8 Å². The van der Waals surface area contributed by atoms with E-state index in [1.165, 1.54) is 33.8 Å². The average Bonchev–Trinajstić information content (AvgIpc) is 3.54. The van der Waals surface area contributed by atoms with Crippen LogP contribution in [0.5, 0.6) is 5.75 Å². The van der Waals surface area contributed by atoms with Crippen LogP contribution in [0.2, 0.25) is 0 Å². The van der Waals surface area contributed by atoms with Crippen LogP contribution in [0.3, 0.4) is 0 Å². The summed E-state index contributed by atoms with van der Waals surface area (Å²) < 4.78 is 7.76. The normalized spacial score (nSPS) is 22.3. The summed E-state index contributed by atoms with van der Waals surface area (Å²) in [5.74, 6) is 1.41. The first kappa shape index (κ1) is 50.2. The van der Waals surface area contributed by atoms with E-state index in [2.05, 4.69) is 112 Å². The summed E-state index contributed by atoms with van der Waals surface area (Å²) in [5, 5.41) is 0. The van der Waals surface area contributed by atoms with Gasteiger partial charge in [0.05, 0.1) is 24.1 Å². The molecule has 2 aromatic carbocycles. The Hall–Kier alpha value is -0.497. The zero-order chi connectivity index (χ0) is 42.8. The SMILES string of the molecule is C1CCC([PH+](C2CCCCC2)C2CCCCC2)CC1.COc1cc(C(C)C)c(N2[CH-]N(C)[C@H](C(C)(C)C)[C@H]2C(C)(C)C)cc1C(C)(C)C.[Cl][Ru]([Cl])=[CH]c1ccccc1. The molecule has 7 heteroatoms. The zero-order valence-corrected chi connectivity index (χ0v) is 43.4. The van der Waals surface area contributed by atoms with E-state index in [0.717, 1.165) is 11.3 Å². The van der Waals surface area contributed by atoms with Gasteiger partial charge in [0.25, 0.3) is 0 Å². The van der Waals surface area contributed by atoms with Gasteiger partial charge in [0.1, 0.15) is 5.75 Å². The molecule has 3 saturated carbocycles. The van der Waals surface area contributed by atoms with E-state index in [9.17, 15) is 0 Å². The van der Waals surface area contributed by atoms with Gasteiger partial charge in [0, 0.05) is 31.3 Å². The molecule has 2 aromatic rings. The third-order valence-electron chi connectivity index (χ3n) is 13.4. The fourth-order valence-electron chi connectivity index (χ4n) is 10.8. The van der Waals surface area contributed by atoms with Crippen molar-refractivity contribution in [3.8, 4) is 5.75 Å². The fraction of sp³-hybridized carbons (Fsp3) is 0.725. The van der Waals surface area contributed by atoms with Crippen molar-refractivity contribution in [2.24, 2.45) is 10.8 Å². The number of nitrogens with zero attached hydrogens (tertiary/aromatic N) is 2. The Kier molecular flexibility index (Phi) is 19.7. The second-order valence-corrected chi connectivity index (χ2v) is 30.7. The standard InChI is InChI=1S/C26H45N2O.C18H33P.C7H6.2ClH.Ru/c1-17(2)18-14-21(29-13)19(24(3,4)5)15-20(18)28-16-27(12)22(25(6,7)8)23(28)26(9,10)11;1-4-10-16(11-5-1)19(17-12-6-2-7-13-17)18-14-8-3-9-15-18;1-7-5-3-2-4-6-7;;;/h14-17,22-23H,1-13H3;16-18H,1-15H2;1-6H;2*1H;/q-1;;;;;+2/p-1/t22-,23-;;;;;/m0...../s1. The van der Waals surface area contributed by atoms with Crippen LogP contribution in [0.1, 0.15) is 195 Å². The number of benzene rings is 2. The van der Waals surface area contributed by atoms with Crippen LogP contribution in [-0.2, 0) is 18.9 Å². The van der Waals surface area contributed by atoms with Gasteiger partial charge in [0.15, 0.2) is 0 Å². The predicted octanol–water partition coefficient (Wildman–Crippen LogP) is 15.8. The second kappa shape index (κ2) is 22.7. The quantitative estimate of drug-likeness (QED) is 0.156. The van der Waals surface area contributed by atoms with Crippen molar-refractivity contribution in [1.82, 2.24) is 4.90 Å². The first-order valence-corrected chi connectivity index (χ1v) is 30.3. The Morgan fingerprint density at radius 1 is 0.707 bits per heavy atom. The van der Waals surface area contributed by atoms with Gasteiger partial charge in [-0.3, -0.25) is 0 Å². The predicted molar refractivity (Wildman–Crippen MR) is 259 cm³/mol. The van der Waals surface area contributed by atoms with Crippen LogP contribution < -0.4 is 9.64 Å². The summed E-state index contributed by atoms with van der Waals surface area (Å²) in [7, 11) is 15.3. The Morgan fingerprint density at radius 2 is 1.16 bits per heavy atom. The molecule has 0 amide bonds. The van der Waals surface area contributed by atoms with Crippen LogP contribution >= 0.6 is 27.3 Å². The van der Waals surface area contributed by atoms with Crippen molar-refractivity contribution in [3.63, 3.8) is 0 Å². The molecule has 3 nitrogen and oxygen atoms in total. The molecule has 2 atom stereocenters. The van der Waals surface area contributed by atoms with E-state index in [1.54, 1.807) is 103 Å². The number of hydrogen-bond acceptors (Lipinski definition) is 3. The number of anilines is 1. The van der Waals surface area contributed by atoms with Gasteiger partial charge >= 0.3 is 73.4 Å². The van der Waals surface area contributed by atoms with E-state index in [-0.39, 0.29) is 24.2 Å². The number of rotatable bonds is 7. The maximum atomic E-state index is 5.83. The fourth-order valence-corrected chi connectivity index (χ4v) is 17.9. The number of methoxy groups -OCH3 is 1. The monoisotopic (exact) mass is 944 g/mol. The molecule has 6 rings (SSSR count). The Labute approximate surface area is 372 Å². The first-order chi connectivity index (χ1) is 27.2. The van der Waals surface area contributed by atoms with Crippen LogP contribution in [0.25, 0.3) is 0 Å². The molecule has 4 aliphatic rings. The van der Waals surface area contributed by atoms with E-state index >= 15 is 0 Å². The molecular formula is C51H85Cl2N2OPRu. The van der Waals surface area contributed by atoms with Gasteiger partial charge in [-0.2, -0.15) is 6.67 Å². The van der Waals surface area contributed by atoms with Crippen molar-refractivity contribution < 1.29 is 18.3 Å². The van der Waals surface area contributed by atoms with E-state index in [0.29, 0.717) is 18.0 Å². The molecule has 1 heterocycles. The minimum absolute atomic E-state index is 0.0158. The molecular weight excluding hydrogens is 860 g/mol. The molecule has 4 fully saturated rings. The van der Waals surface area contributed by atoms with Gasteiger partial charge in [0.2, 0.25) is 0 Å². The topological polar surface area (TPSA) is 15.7 Å². The number of halogens is 2. The number of ether oxygens (including phenoxy) is 1. The van der Waals surface area contributed by atoms with Gasteiger partial charge in [-0.05, 0) is 124 Å². The summed E-state index contributed by atoms with van der Waals surface area (Å²) in [6.45, 7) is 27.9. The summed E-state index contributed by atoms with van der Waals surface area (Å²) in [6, 6.07) is 15.4. The Morgan fingerprint density at radius 3 is 1.52 bits per heavy atom. The summed E-state index contributed by atoms with van der Waals surface area (Å²) in [4.78, 5) is 4.99. The first-order valence-electron chi connectivity index (χ1n) is 23.1. The molecule has 0 radical (unpaired) electrons. The van der Waals surface area contributed by atoms with Gasteiger partial charge in [-0.1, -0.05) is 95.4 Å². The van der Waals surface area contributed by atoms with Crippen molar-refractivity contribution in [1.29, 1.82) is 0 Å². The summed E-state index contributed by atoms with van der Waals surface area (Å²) in [5.41, 5.74) is 9.06. The van der Waals surface area contributed by atoms with E-state index < -0.39 is 13.5 Å². The molecule has 0 aromatic heterocycles. The van der Waals surface area contributed by atoms with E-state index in [1.807, 2.05) is 34.9 Å². The second-order valence-electron chi connectivity index (χ2n) is 21.5. The number of hydrogen-bond donors (Lipinski definition) is 0. The molecule has 0 unspecified atom stereocenters. The number of likely N-dealkylation sites (N-methyl/N-ethyl adjacent to an activating group) is 1. The van der Waals surface area contributed by atoms with Crippen LogP contribution in [-0.4, -0.2) is 52.7 Å². The Balaban J connectivity index is 0.000000217. The average molecular weight is 945 g/mol. The molecule has 3 aliphatic carbocycles. The van der Waals surface area contributed by atoms with Crippen LogP contribution in [0, 0.1) is 17.5 Å². The van der Waals surface area contributed by atoms with Gasteiger partial charge < -0.3 is 14.5 Å². The van der Waals surface area contributed by atoms with Gasteiger partial charge in [-0.25, -0.2) is 0 Å². The van der Waals surface area contributed by atoms with Gasteiger partial charge in [-0.15, -0.1) is 0 Å². The molecule has 332 valence electrons. The van der Waals surface area contributed by atoms with Crippen LogP contribution in [0.4, 0.5) is 5.69 Å². The Bertz CT molecular complexity index is 1500. The van der Waals surface area contributed by atoms with Crippen molar-refractivity contribution in [2.45, 2.75) is 213 Å². The van der Waals surface area contributed by atoms with Crippen LogP contribution in [0.15, 0.2) is 42.5 Å². The van der Waals surface area contributed by atoms with Crippen molar-refractivity contribution in [2.75, 3.05) is 19.1 Å². The summed E-state index contributed by atoms with van der Waals surface area (Å²) in [6.07, 6.45) is 23.8. The van der Waals surface area contributed by atoms with Crippen molar-refractivity contribution >= 4 is 37.6 Å². The molecule has 0 bridgehead atoms. The molecule has 0 N–H and O–H groups in total. The minimum atomic E-state index is -1.61. The van der Waals surface area contributed by atoms with E-state index in [4.69, 9.17) is 24.1 Å². The zero-order valence-electron chi connectivity index (χ0n) is 39.2. The molecule has 0 spiro atoms. The third kappa shape index (κ3) is 14.3. The summed E-state index contributed by atoms with van der Waals surface area (Å²) >= 11 is -1.61. The maximum absolute atomic E-state index is 5.83. The third-order valence-corrected chi connectivity index (χ3v) is 19.8.